The van der Waals surface area contributed by atoms with E-state index < -0.39 is 34.9 Å². The third-order valence-corrected chi connectivity index (χ3v) is 5.69. The number of ketones is 1. The molecule has 2 unspecified atom stereocenters. The lowest BCUT2D eigenvalue weighted by Gasteiger charge is -2.41. The Morgan fingerprint density at radius 3 is 2.63 bits per heavy atom. The van der Waals surface area contributed by atoms with Gasteiger partial charge in [-0.15, -0.1) is 0 Å². The van der Waals surface area contributed by atoms with Gasteiger partial charge in [0.1, 0.15) is 17.4 Å². The van der Waals surface area contributed by atoms with Crippen LogP contribution in [0.2, 0.25) is 0 Å². The fourth-order valence-electron chi connectivity index (χ4n) is 3.93. The van der Waals surface area contributed by atoms with Crippen molar-refractivity contribution in [2.75, 3.05) is 6.54 Å². The minimum Gasteiger partial charge on any atom is -0.503 e. The quantitative estimate of drug-likeness (QED) is 0.782. The molecule has 2 aromatic rings. The van der Waals surface area contributed by atoms with Crippen LogP contribution in [0.3, 0.4) is 0 Å². The third-order valence-electron chi connectivity index (χ3n) is 5.69. The van der Waals surface area contributed by atoms with Crippen molar-refractivity contribution in [3.63, 3.8) is 0 Å². The molecule has 1 aromatic carbocycles. The van der Waals surface area contributed by atoms with Gasteiger partial charge in [0.15, 0.2) is 17.2 Å². The Labute approximate surface area is 170 Å². The number of nitrogens with one attached hydrogen (secondary N) is 1. The molecule has 1 aromatic heterocycles. The minimum absolute atomic E-state index is 0.0480. The van der Waals surface area contributed by atoms with Gasteiger partial charge in [0.2, 0.25) is 5.43 Å². The second kappa shape index (κ2) is 7.40. The zero-order valence-electron chi connectivity index (χ0n) is 16.2. The van der Waals surface area contributed by atoms with Crippen LogP contribution in [-0.4, -0.2) is 44.8 Å². The lowest BCUT2D eigenvalue weighted by Crippen LogP contribution is -2.57. The molecule has 2 N–H and O–H groups in total. The van der Waals surface area contributed by atoms with Crippen LogP contribution < -0.4 is 10.7 Å². The van der Waals surface area contributed by atoms with E-state index in [1.54, 1.807) is 6.92 Å². The fraction of sp³-hybridized carbons (Fsp3) is 0.333. The number of piperidine rings is 1. The highest BCUT2D eigenvalue weighted by Crippen LogP contribution is 2.29. The van der Waals surface area contributed by atoms with Gasteiger partial charge in [-0.3, -0.25) is 19.2 Å². The van der Waals surface area contributed by atoms with Crippen LogP contribution >= 0.6 is 0 Å². The van der Waals surface area contributed by atoms with E-state index in [-0.39, 0.29) is 36.0 Å². The highest BCUT2D eigenvalue weighted by Gasteiger charge is 2.43. The van der Waals surface area contributed by atoms with E-state index in [1.807, 2.05) is 0 Å². The van der Waals surface area contributed by atoms with Crippen LogP contribution in [0.1, 0.15) is 39.8 Å². The maximum atomic E-state index is 13.0. The van der Waals surface area contributed by atoms with Crippen LogP contribution in [0, 0.1) is 11.7 Å². The summed E-state index contributed by atoms with van der Waals surface area (Å²) < 4.78 is 14.3. The number of benzene rings is 1. The van der Waals surface area contributed by atoms with Gasteiger partial charge in [-0.25, -0.2) is 4.39 Å². The van der Waals surface area contributed by atoms with E-state index in [0.717, 1.165) is 0 Å². The topological polar surface area (TPSA) is 109 Å². The molecule has 0 bridgehead atoms. The van der Waals surface area contributed by atoms with E-state index in [4.69, 9.17) is 0 Å². The van der Waals surface area contributed by atoms with Gasteiger partial charge in [0.25, 0.3) is 11.8 Å². The number of carbonyl (C=O) groups is 3. The highest BCUT2D eigenvalue weighted by molar-refractivity contribution is 6.02. The smallest absolute Gasteiger partial charge is 0.275 e. The number of hydrogen-bond donors (Lipinski definition) is 2. The molecule has 2 aliphatic heterocycles. The maximum Gasteiger partial charge on any atom is 0.275 e. The Morgan fingerprint density at radius 1 is 1.23 bits per heavy atom. The molecule has 156 valence electrons. The van der Waals surface area contributed by atoms with Crippen molar-refractivity contribution >= 4 is 17.6 Å². The molecular weight excluding hydrogens is 393 g/mol. The molecule has 0 saturated carbocycles. The van der Waals surface area contributed by atoms with Gasteiger partial charge in [0, 0.05) is 25.2 Å². The van der Waals surface area contributed by atoms with E-state index in [9.17, 15) is 28.7 Å². The monoisotopic (exact) mass is 413 g/mol. The van der Waals surface area contributed by atoms with Crippen molar-refractivity contribution in [1.82, 2.24) is 14.8 Å². The number of amides is 2. The Morgan fingerprint density at radius 2 is 1.93 bits per heavy atom. The van der Waals surface area contributed by atoms with Crippen molar-refractivity contribution in [3.05, 3.63) is 63.3 Å². The van der Waals surface area contributed by atoms with Gasteiger partial charge in [-0.2, -0.15) is 0 Å². The van der Waals surface area contributed by atoms with Gasteiger partial charge in [-0.05, 0) is 24.1 Å². The molecule has 9 heteroatoms. The molecule has 4 rings (SSSR count). The molecule has 8 nitrogen and oxygen atoms in total. The summed E-state index contributed by atoms with van der Waals surface area (Å²) in [5.74, 6) is -2.83. The Balaban J connectivity index is 1.64. The third kappa shape index (κ3) is 3.26. The van der Waals surface area contributed by atoms with Crippen molar-refractivity contribution in [2.24, 2.45) is 5.92 Å². The summed E-state index contributed by atoms with van der Waals surface area (Å²) in [4.78, 5) is 51.8. The first-order valence-electron chi connectivity index (χ1n) is 9.61. The Hall–Kier alpha value is -3.49. The van der Waals surface area contributed by atoms with Crippen molar-refractivity contribution in [1.29, 1.82) is 0 Å². The van der Waals surface area contributed by atoms with Crippen LogP contribution in [0.25, 0.3) is 0 Å². The van der Waals surface area contributed by atoms with Gasteiger partial charge in [0.05, 0.1) is 6.54 Å². The van der Waals surface area contributed by atoms with E-state index in [0.29, 0.717) is 18.5 Å². The summed E-state index contributed by atoms with van der Waals surface area (Å²) in [5, 5.41) is 12.9. The summed E-state index contributed by atoms with van der Waals surface area (Å²) in [6, 6.07) is 4.80. The number of aromatic nitrogens is 1. The summed E-state index contributed by atoms with van der Waals surface area (Å²) >= 11 is 0. The summed E-state index contributed by atoms with van der Waals surface area (Å²) in [7, 11) is 0. The largest absolute Gasteiger partial charge is 0.503 e. The highest BCUT2D eigenvalue weighted by atomic mass is 19.1. The Bertz CT molecular complexity index is 1110. The number of rotatable bonds is 3. The number of carbonyl (C=O) groups excluding carboxylic acids is 3. The number of hydrogen-bond acceptors (Lipinski definition) is 5. The summed E-state index contributed by atoms with van der Waals surface area (Å²) in [6.07, 6.45) is 1.73. The zero-order chi connectivity index (χ0) is 21.6. The average Bonchev–Trinajstić information content (AvgIpc) is 2.73. The number of pyridine rings is 1. The number of nitrogens with zero attached hydrogens (tertiary/aromatic N) is 2. The zero-order valence-corrected chi connectivity index (χ0v) is 16.2. The molecule has 3 heterocycles. The van der Waals surface area contributed by atoms with Crippen LogP contribution in [0.5, 0.6) is 5.75 Å². The predicted molar refractivity (Wildman–Crippen MR) is 104 cm³/mol. The minimum atomic E-state index is -0.957. The lowest BCUT2D eigenvalue weighted by molar-refractivity contribution is -0.131. The van der Waals surface area contributed by atoms with E-state index in [1.165, 1.54) is 39.9 Å². The molecule has 30 heavy (non-hydrogen) atoms. The summed E-state index contributed by atoms with van der Waals surface area (Å²) in [5.41, 5.74) is -0.884. The molecule has 0 aliphatic carbocycles. The van der Waals surface area contributed by atoms with E-state index >= 15 is 0 Å². The number of aromatic hydroxyl groups is 1. The van der Waals surface area contributed by atoms with Crippen LogP contribution in [0.15, 0.2) is 35.3 Å². The molecule has 0 spiro atoms. The van der Waals surface area contributed by atoms with Gasteiger partial charge in [-0.1, -0.05) is 19.1 Å². The normalized spacial score (nSPS) is 20.5. The number of halogens is 1. The molecule has 2 aliphatic rings. The van der Waals surface area contributed by atoms with Crippen molar-refractivity contribution in [3.8, 4) is 5.75 Å². The second-order valence-electron chi connectivity index (χ2n) is 7.64. The second-order valence-corrected chi connectivity index (χ2v) is 7.64. The molecule has 0 radical (unpaired) electrons. The summed E-state index contributed by atoms with van der Waals surface area (Å²) in [6.45, 7) is 2.28. The van der Waals surface area contributed by atoms with Crippen LogP contribution in [-0.2, 0) is 17.9 Å². The standard InChI is InChI=1S/C21H20FN3O5/c1-11-6-7-25-15(17(11)26)10-24-9-14(18(27)19(28)16(24)21(25)30)20(29)23-8-12-2-4-13(22)5-3-12/h2-5,9,11,15,28H,6-8,10H2,1H3,(H,23,29). The first kappa shape index (κ1) is 19.8. The molecule has 1 saturated heterocycles. The fourth-order valence-corrected chi connectivity index (χ4v) is 3.93. The first-order valence-corrected chi connectivity index (χ1v) is 9.61. The maximum absolute atomic E-state index is 13.0. The van der Waals surface area contributed by atoms with Crippen molar-refractivity contribution in [2.45, 2.75) is 32.5 Å². The molecular formula is C21H20FN3O5. The first-order chi connectivity index (χ1) is 14.3. The lowest BCUT2D eigenvalue weighted by atomic mass is 9.89. The Kier molecular flexibility index (Phi) is 4.89. The SMILES string of the molecule is CC1CCN2C(=O)c3c(O)c(=O)c(C(=O)NCc4ccc(F)cc4)cn3CC2C1=O. The van der Waals surface area contributed by atoms with Crippen molar-refractivity contribution < 1.29 is 23.9 Å². The van der Waals surface area contributed by atoms with Gasteiger partial charge >= 0.3 is 0 Å². The van der Waals surface area contributed by atoms with Crippen LogP contribution in [0.4, 0.5) is 4.39 Å². The number of Topliss-reactive ketones (excluding diaryl/α,β-unsaturated/α-hetero) is 1. The van der Waals surface area contributed by atoms with E-state index in [2.05, 4.69) is 5.32 Å². The average molecular weight is 413 g/mol. The number of fused-ring (bicyclic) bond motifs is 2. The predicted octanol–water partition coefficient (Wildman–Crippen LogP) is 1.06. The molecule has 2 atom stereocenters. The molecule has 2 amide bonds. The van der Waals surface area contributed by atoms with Gasteiger partial charge < -0.3 is 19.9 Å². The molecule has 1 fully saturated rings.